The Morgan fingerprint density at radius 1 is 0.816 bits per heavy atom. The summed E-state index contributed by atoms with van der Waals surface area (Å²) in [6.45, 7) is 0.731. The van der Waals surface area contributed by atoms with Gasteiger partial charge in [-0.05, 0) is 55.6 Å². The summed E-state index contributed by atoms with van der Waals surface area (Å²) in [7, 11) is 3.16. The Balaban J connectivity index is 0.00000833. The minimum atomic E-state index is -1.10. The summed E-state index contributed by atoms with van der Waals surface area (Å²) < 4.78 is 0. The maximum atomic E-state index is 14.0. The largest absolute Gasteiger partial charge is 0.384 e. The van der Waals surface area contributed by atoms with Crippen LogP contribution in [0.15, 0.2) is 54.6 Å². The van der Waals surface area contributed by atoms with Gasteiger partial charge in [0, 0.05) is 32.7 Å². The Hall–Kier alpha value is -4.65. The Morgan fingerprint density at radius 2 is 1.47 bits per heavy atom. The maximum absolute atomic E-state index is 14.0. The second-order valence-electron chi connectivity index (χ2n) is 12.6. The Labute approximate surface area is 295 Å². The van der Waals surface area contributed by atoms with Gasteiger partial charge in [-0.3, -0.25) is 30.0 Å². The highest BCUT2D eigenvalue weighted by Crippen LogP contribution is 2.27. The van der Waals surface area contributed by atoms with E-state index < -0.39 is 35.7 Å². The van der Waals surface area contributed by atoms with E-state index in [9.17, 15) is 19.2 Å². The van der Waals surface area contributed by atoms with Gasteiger partial charge in [-0.15, -0.1) is 12.4 Å². The first-order valence-electron chi connectivity index (χ1n) is 16.6. The number of hydrogen-bond acceptors (Lipinski definition) is 6. The van der Waals surface area contributed by atoms with Crippen LogP contribution in [0, 0.1) is 22.7 Å². The minimum absolute atomic E-state index is 0. The first kappa shape index (κ1) is 40.5. The van der Waals surface area contributed by atoms with Crippen molar-refractivity contribution in [1.82, 2.24) is 26.2 Å². The topological polar surface area (TPSA) is 219 Å². The number of nitrogens with one attached hydrogen (secondary N) is 6. The van der Waals surface area contributed by atoms with Gasteiger partial charge < -0.3 is 37.6 Å². The maximum Gasteiger partial charge on any atom is 0.243 e. The first-order chi connectivity index (χ1) is 23.0. The molecule has 10 N–H and O–H groups in total. The zero-order chi connectivity index (χ0) is 35.1. The molecular weight excluding hydrogens is 646 g/mol. The number of hydrogen-bond donors (Lipinski definition) is 8. The van der Waals surface area contributed by atoms with Crippen LogP contribution in [-0.2, 0) is 32.0 Å². The predicted octanol–water partition coefficient (Wildman–Crippen LogP) is 1.81. The van der Waals surface area contributed by atoms with E-state index in [0.29, 0.717) is 37.1 Å². The minimum Gasteiger partial charge on any atom is -0.384 e. The number of nitrogen functional groups attached to an aromatic ring is 1. The highest BCUT2D eigenvalue weighted by Gasteiger charge is 2.37. The second-order valence-corrected chi connectivity index (χ2v) is 12.6. The summed E-state index contributed by atoms with van der Waals surface area (Å²) in [5.74, 6) is -3.31. The van der Waals surface area contributed by atoms with E-state index in [4.69, 9.17) is 22.3 Å². The van der Waals surface area contributed by atoms with Gasteiger partial charge >= 0.3 is 0 Å². The van der Waals surface area contributed by atoms with Crippen LogP contribution in [0.4, 0.5) is 0 Å². The van der Waals surface area contributed by atoms with E-state index in [1.807, 2.05) is 30.3 Å². The van der Waals surface area contributed by atoms with E-state index >= 15 is 0 Å². The molecule has 4 amide bonds. The zero-order valence-corrected chi connectivity index (χ0v) is 29.2. The predicted molar refractivity (Wildman–Crippen MR) is 193 cm³/mol. The molecule has 14 heteroatoms. The Morgan fingerprint density at radius 3 is 2.06 bits per heavy atom. The summed E-state index contributed by atoms with van der Waals surface area (Å²) in [6, 6.07) is 14.7. The molecule has 0 spiro atoms. The van der Waals surface area contributed by atoms with Gasteiger partial charge in [-0.1, -0.05) is 73.9 Å². The fraction of sp³-hybridized carbons (Fsp3) is 0.486. The number of benzene rings is 2. The molecule has 268 valence electrons. The normalized spacial score (nSPS) is 14.6. The third-order valence-corrected chi connectivity index (χ3v) is 8.64. The second kappa shape index (κ2) is 20.7. The highest BCUT2D eigenvalue weighted by molar-refractivity contribution is 6.02. The van der Waals surface area contributed by atoms with Crippen molar-refractivity contribution < 1.29 is 19.2 Å². The average Bonchev–Trinajstić information content (AvgIpc) is 3.07. The molecule has 0 radical (unpaired) electrons. The average molecular weight is 698 g/mol. The Kier molecular flexibility index (Phi) is 17.1. The van der Waals surface area contributed by atoms with Crippen molar-refractivity contribution in [3.05, 3.63) is 71.3 Å². The standard InChI is InChI=1S/C35H51N9O4.ClH/c1-44(2)34(48)27(22-24-15-17-26(18-16-24)30(36)37)31(45)43-29(25-12-7-4-8-13-25)33(47)42-28(14-9-20-41-35(38)39)32(46)40-21-19-23-10-5-3-6-11-23;/h3,5-6,10-11,15-18,25,27-29H,4,7-9,12-14,19-22H2,1-2H3,(H3,36,37)(H,40,46)(H,42,47)(H,43,45)(H4,38,39,41);1H/t27?,28?,29-;/m0./s1. The summed E-state index contributed by atoms with van der Waals surface area (Å²) in [4.78, 5) is 55.9. The molecule has 1 aliphatic carbocycles. The van der Waals surface area contributed by atoms with Gasteiger partial charge in [0.05, 0.1) is 0 Å². The van der Waals surface area contributed by atoms with E-state index in [1.165, 1.54) is 4.90 Å². The molecule has 2 unspecified atom stereocenters. The number of guanidine groups is 1. The number of nitrogens with two attached hydrogens (primary N) is 2. The van der Waals surface area contributed by atoms with Crippen molar-refractivity contribution >= 4 is 47.8 Å². The number of halogens is 1. The van der Waals surface area contributed by atoms with E-state index in [2.05, 4.69) is 21.3 Å². The van der Waals surface area contributed by atoms with E-state index in [0.717, 1.165) is 37.7 Å². The van der Waals surface area contributed by atoms with Crippen molar-refractivity contribution in [3.63, 3.8) is 0 Å². The number of carbonyl (C=O) groups is 4. The highest BCUT2D eigenvalue weighted by atomic mass is 35.5. The van der Waals surface area contributed by atoms with Crippen LogP contribution in [-0.4, -0.2) is 79.6 Å². The lowest BCUT2D eigenvalue weighted by molar-refractivity contribution is -0.142. The molecule has 1 aliphatic rings. The fourth-order valence-corrected chi connectivity index (χ4v) is 5.94. The summed E-state index contributed by atoms with van der Waals surface area (Å²) in [5, 5.41) is 26.5. The molecule has 2 aromatic carbocycles. The molecule has 49 heavy (non-hydrogen) atoms. The lowest BCUT2D eigenvalue weighted by Crippen LogP contribution is -2.58. The molecule has 0 aliphatic heterocycles. The number of amides is 4. The quantitative estimate of drug-likeness (QED) is 0.0530. The van der Waals surface area contributed by atoms with Crippen LogP contribution in [0.3, 0.4) is 0 Å². The molecule has 3 rings (SSSR count). The van der Waals surface area contributed by atoms with E-state index in [-0.39, 0.29) is 48.9 Å². The van der Waals surface area contributed by atoms with Crippen LogP contribution in [0.1, 0.15) is 61.6 Å². The fourth-order valence-electron chi connectivity index (χ4n) is 5.94. The number of carbonyl (C=O) groups excluding carboxylic acids is 4. The van der Waals surface area contributed by atoms with Gasteiger partial charge in [0.15, 0.2) is 5.96 Å². The third-order valence-electron chi connectivity index (χ3n) is 8.64. The lowest BCUT2D eigenvalue weighted by atomic mass is 9.83. The van der Waals surface area contributed by atoms with Gasteiger partial charge in [-0.25, -0.2) is 0 Å². The summed E-state index contributed by atoms with van der Waals surface area (Å²) >= 11 is 0. The molecule has 2 aromatic rings. The lowest BCUT2D eigenvalue weighted by Gasteiger charge is -2.32. The molecule has 13 nitrogen and oxygen atoms in total. The Bertz CT molecular complexity index is 1400. The summed E-state index contributed by atoms with van der Waals surface area (Å²) in [5.41, 5.74) is 13.3. The smallest absolute Gasteiger partial charge is 0.243 e. The van der Waals surface area contributed by atoms with Crippen molar-refractivity contribution in [3.8, 4) is 0 Å². The van der Waals surface area contributed by atoms with Gasteiger partial charge in [0.1, 0.15) is 23.8 Å². The number of nitrogens with zero attached hydrogens (tertiary/aromatic N) is 1. The zero-order valence-electron chi connectivity index (χ0n) is 28.4. The van der Waals surface area contributed by atoms with Gasteiger partial charge in [0.2, 0.25) is 23.6 Å². The van der Waals surface area contributed by atoms with Crippen molar-refractivity contribution in [1.29, 1.82) is 10.8 Å². The van der Waals surface area contributed by atoms with Crippen LogP contribution >= 0.6 is 12.4 Å². The van der Waals surface area contributed by atoms with Gasteiger partial charge in [-0.2, -0.15) is 0 Å². The monoisotopic (exact) mass is 697 g/mol. The molecular formula is C35H52ClN9O4. The van der Waals surface area contributed by atoms with Gasteiger partial charge in [0.25, 0.3) is 0 Å². The molecule has 0 bridgehead atoms. The van der Waals surface area contributed by atoms with Crippen LogP contribution < -0.4 is 32.7 Å². The van der Waals surface area contributed by atoms with Crippen molar-refractivity contribution in [2.45, 2.75) is 69.9 Å². The molecule has 0 heterocycles. The molecule has 3 atom stereocenters. The van der Waals surface area contributed by atoms with Crippen molar-refractivity contribution in [2.75, 3.05) is 27.2 Å². The SMILES string of the molecule is CN(C)C(=O)C(Cc1ccc(C(=N)N)cc1)C(=O)N[C@H](C(=O)NC(CCCNC(=N)N)C(=O)NCCc1ccccc1)C1CCCCC1.Cl. The van der Waals surface area contributed by atoms with E-state index in [1.54, 1.807) is 38.4 Å². The van der Waals surface area contributed by atoms with Crippen molar-refractivity contribution in [2.24, 2.45) is 23.3 Å². The number of rotatable bonds is 17. The van der Waals surface area contributed by atoms with Crippen LogP contribution in [0.25, 0.3) is 0 Å². The summed E-state index contributed by atoms with van der Waals surface area (Å²) in [6.07, 6.45) is 5.77. The third kappa shape index (κ3) is 13.4. The molecule has 0 saturated heterocycles. The van der Waals surface area contributed by atoms with Crippen LogP contribution in [0.2, 0.25) is 0 Å². The molecule has 1 saturated carbocycles. The molecule has 0 aromatic heterocycles. The van der Waals surface area contributed by atoms with Crippen LogP contribution in [0.5, 0.6) is 0 Å². The first-order valence-corrected chi connectivity index (χ1v) is 16.6. The molecule has 1 fully saturated rings. The number of amidine groups is 1.